The molecule has 0 bridgehead atoms. The molecule has 0 aliphatic carbocycles. The van der Waals surface area contributed by atoms with E-state index in [-0.39, 0.29) is 60.2 Å². The maximum atomic E-state index is 9.54. The molecule has 1 atom stereocenters. The minimum absolute atomic E-state index is 0. The first-order valence-electron chi connectivity index (χ1n) is 1.87. The number of hydrogen-bond acceptors (Lipinski definition) is 2. The Bertz CT molecular complexity index is 79.0. The van der Waals surface area contributed by atoms with Crippen LogP contribution in [0.4, 0.5) is 0 Å². The third-order valence-corrected chi connectivity index (χ3v) is 0.413. The van der Waals surface area contributed by atoms with Crippen molar-refractivity contribution in [3.63, 3.8) is 0 Å². The molecule has 3 nitrogen and oxygen atoms in total. The summed E-state index contributed by atoms with van der Waals surface area (Å²) in [5.41, 5.74) is 6.58. The maximum absolute atomic E-state index is 9.54. The van der Waals surface area contributed by atoms with Crippen LogP contribution >= 0.6 is 0 Å². The third-order valence-electron chi connectivity index (χ3n) is 0.413. The van der Waals surface area contributed by atoms with Crippen LogP contribution in [-0.4, -0.2) is 12.0 Å². The van der Waals surface area contributed by atoms with Gasteiger partial charge in [0.1, 0.15) is 0 Å². The Balaban J connectivity index is -0.000000180. The third kappa shape index (κ3) is 17.6. The van der Waals surface area contributed by atoms with Gasteiger partial charge >= 0.3 is 0 Å². The summed E-state index contributed by atoms with van der Waals surface area (Å²) in [7, 11) is 0. The molecule has 0 rings (SSSR count). The van der Waals surface area contributed by atoms with E-state index in [2.05, 4.69) is 6.92 Å². The Morgan fingerprint density at radius 2 is 2.11 bits per heavy atom. The normalized spacial score (nSPS) is 10.4. The van der Waals surface area contributed by atoms with Gasteiger partial charge in [0.2, 0.25) is 0 Å². The Labute approximate surface area is 93.9 Å². The van der Waals surface area contributed by atoms with Gasteiger partial charge in [-0.1, -0.05) is 6.42 Å². The van der Waals surface area contributed by atoms with E-state index in [0.29, 0.717) is 0 Å². The van der Waals surface area contributed by atoms with E-state index in [1.165, 1.54) is 0 Å². The van der Waals surface area contributed by atoms with Gasteiger partial charge in [0.05, 0.1) is 0 Å². The van der Waals surface area contributed by atoms with Crippen molar-refractivity contribution in [3.05, 3.63) is 12.7 Å². The van der Waals surface area contributed by atoms with Crippen molar-refractivity contribution in [2.75, 3.05) is 0 Å². The van der Waals surface area contributed by atoms with E-state index in [0.717, 1.165) is 0 Å². The van der Waals surface area contributed by atoms with E-state index in [1.54, 1.807) is 0 Å². The quantitative estimate of drug-likeness (QED) is 0.606. The molecule has 0 aromatic carbocycles. The first kappa shape index (κ1) is 16.7. The van der Waals surface area contributed by atoms with Gasteiger partial charge in [-0.2, -0.15) is 0 Å². The number of rotatable bonds is 2. The van der Waals surface area contributed by atoms with Gasteiger partial charge in [0.25, 0.3) is 0 Å². The summed E-state index contributed by atoms with van der Waals surface area (Å²) in [5, 5.41) is 9.54. The molecule has 1 unspecified atom stereocenters. The first-order valence-corrected chi connectivity index (χ1v) is 1.87. The molecule has 51 valence electrons. The molecular formula is C4H6NO2WY-3. The van der Waals surface area contributed by atoms with Crippen LogP contribution in [0.5, 0.6) is 0 Å². The number of aliphatic carboxylic acids is 1. The summed E-state index contributed by atoms with van der Waals surface area (Å²) in [4.78, 5) is 9.54. The molecule has 0 aliphatic rings. The van der Waals surface area contributed by atoms with Gasteiger partial charge in [-0.15, -0.1) is 0 Å². The van der Waals surface area contributed by atoms with E-state index in [4.69, 9.17) is 5.73 Å². The number of hydrogen-bond donors (Lipinski definition) is 0. The molecule has 0 heterocycles. The zero-order valence-corrected chi connectivity index (χ0v) is 10.6. The maximum Gasteiger partial charge on any atom is 0.0375 e. The molecule has 0 spiro atoms. The number of carboxylic acids is 1. The minimum atomic E-state index is -1.21. The average Bonchev–Trinajstić information content (AvgIpc) is 1.27. The molecule has 0 aromatic rings. The van der Waals surface area contributed by atoms with Crippen LogP contribution in [0, 0.1) is 6.92 Å². The van der Waals surface area contributed by atoms with Crippen LogP contribution in [0.3, 0.4) is 0 Å². The molecule has 1 N–H and O–H groups in total. The minimum Gasteiger partial charge on any atom is -0.701 e. The van der Waals surface area contributed by atoms with Gasteiger partial charge in [0.15, 0.2) is 0 Å². The molecule has 0 amide bonds. The number of carboxylic acid groups (broad SMARTS) is 1. The molecule has 9 heavy (non-hydrogen) atoms. The summed E-state index contributed by atoms with van der Waals surface area (Å²) in [6, 6.07) is -0.787. The first-order chi connectivity index (χ1) is 3.13. The standard InChI is InChI=1S/C4H7NO2.W.Y/c1-3(5)2-4(6)7;;/h3,5H,1-2H2,(H,6,7);;/q-2;;/p-1. The van der Waals surface area contributed by atoms with Gasteiger partial charge in [-0.25, -0.2) is 0 Å². The van der Waals surface area contributed by atoms with Crippen molar-refractivity contribution in [2.24, 2.45) is 0 Å². The number of nitrogens with one attached hydrogen (secondary N) is 1. The molecular weight excluding hydrogens is 367 g/mol. The molecule has 0 fully saturated rings. The van der Waals surface area contributed by atoms with Crippen molar-refractivity contribution in [1.29, 1.82) is 0 Å². The van der Waals surface area contributed by atoms with Crippen LogP contribution in [0.15, 0.2) is 0 Å². The Morgan fingerprint density at radius 3 is 2.11 bits per heavy atom. The monoisotopic (exact) mass is 373 g/mol. The Hall–Kier alpha value is 1.22. The predicted molar refractivity (Wildman–Crippen MR) is 23.1 cm³/mol. The topological polar surface area (TPSA) is 63.9 Å². The van der Waals surface area contributed by atoms with Crippen LogP contribution < -0.4 is 5.11 Å². The summed E-state index contributed by atoms with van der Waals surface area (Å²) in [5.74, 6) is -1.21. The second-order valence-electron chi connectivity index (χ2n) is 1.27. The van der Waals surface area contributed by atoms with Gasteiger partial charge in [-0.05, 0) is 0 Å². The van der Waals surface area contributed by atoms with Crippen molar-refractivity contribution in [3.8, 4) is 0 Å². The van der Waals surface area contributed by atoms with Crippen LogP contribution in [0.1, 0.15) is 6.42 Å². The van der Waals surface area contributed by atoms with E-state index >= 15 is 0 Å². The molecule has 1 radical (unpaired) electrons. The van der Waals surface area contributed by atoms with E-state index in [9.17, 15) is 9.90 Å². The SMILES string of the molecule is [CH2-]C([NH-])CC(=O)[O-].[W].[Y]. The fourth-order valence-corrected chi connectivity index (χ4v) is 0.201. The van der Waals surface area contributed by atoms with Crippen LogP contribution in [-0.2, 0) is 58.6 Å². The summed E-state index contributed by atoms with van der Waals surface area (Å²) >= 11 is 0. The summed E-state index contributed by atoms with van der Waals surface area (Å²) in [6.07, 6.45) is -0.278. The fraction of sp³-hybridized carbons (Fsp3) is 0.500. The molecule has 0 saturated carbocycles. The number of carbonyl (C=O) groups excluding carboxylic acids is 1. The molecule has 5 heteroatoms. The Kier molecular flexibility index (Phi) is 17.1. The second-order valence-corrected chi connectivity index (χ2v) is 1.27. The van der Waals surface area contributed by atoms with Crippen molar-refractivity contribution < 1.29 is 63.7 Å². The summed E-state index contributed by atoms with van der Waals surface area (Å²) < 4.78 is 0. The zero-order chi connectivity index (χ0) is 5.86. The van der Waals surface area contributed by atoms with E-state index in [1.807, 2.05) is 0 Å². The molecule has 0 saturated heterocycles. The zero-order valence-electron chi connectivity index (χ0n) is 4.79. The average molecular weight is 373 g/mol. The molecule has 0 aliphatic heterocycles. The summed E-state index contributed by atoms with van der Waals surface area (Å²) in [6.45, 7) is 3.12. The van der Waals surface area contributed by atoms with Crippen molar-refractivity contribution in [1.82, 2.24) is 0 Å². The van der Waals surface area contributed by atoms with E-state index < -0.39 is 12.0 Å². The largest absolute Gasteiger partial charge is 0.701 e. The van der Waals surface area contributed by atoms with Gasteiger partial charge in [0, 0.05) is 59.7 Å². The molecule has 0 aromatic heterocycles. The second kappa shape index (κ2) is 9.22. The van der Waals surface area contributed by atoms with Gasteiger partial charge in [-0.3, -0.25) is 6.04 Å². The predicted octanol–water partition coefficient (Wildman–Crippen LogP) is -0.624. The smallest absolute Gasteiger partial charge is 0.0375 e. The van der Waals surface area contributed by atoms with Crippen molar-refractivity contribution >= 4 is 5.97 Å². The number of carbonyl (C=O) groups is 1. The Morgan fingerprint density at radius 1 is 1.78 bits per heavy atom. The fourth-order valence-electron chi connectivity index (χ4n) is 0.201. The van der Waals surface area contributed by atoms with Crippen LogP contribution in [0.25, 0.3) is 5.73 Å². The van der Waals surface area contributed by atoms with Gasteiger partial charge < -0.3 is 22.6 Å². The van der Waals surface area contributed by atoms with Crippen molar-refractivity contribution in [2.45, 2.75) is 12.5 Å². The van der Waals surface area contributed by atoms with Crippen LogP contribution in [0.2, 0.25) is 0 Å².